The molecule has 2 aromatic rings. The molecule has 2 rings (SSSR count). The van der Waals surface area contributed by atoms with Gasteiger partial charge in [0.1, 0.15) is 5.82 Å². The lowest BCUT2D eigenvalue weighted by molar-refractivity contribution is 0.664. The zero-order valence-electron chi connectivity index (χ0n) is 12.0. The van der Waals surface area contributed by atoms with Crippen molar-refractivity contribution in [3.63, 3.8) is 0 Å². The van der Waals surface area contributed by atoms with Crippen LogP contribution in [0.15, 0.2) is 24.3 Å². The number of nitrogens with one attached hydrogen (secondary N) is 1. The Kier molecular flexibility index (Phi) is 4.20. The molecular weight excluding hydrogens is 254 g/mol. The van der Waals surface area contributed by atoms with E-state index in [1.54, 1.807) is 0 Å². The van der Waals surface area contributed by atoms with Crippen molar-refractivity contribution in [2.45, 2.75) is 46.1 Å². The van der Waals surface area contributed by atoms with Gasteiger partial charge in [-0.05, 0) is 29.3 Å². The van der Waals surface area contributed by atoms with E-state index in [0.717, 1.165) is 12.4 Å². The normalized spacial score (nSPS) is 11.5. The molecule has 1 heterocycles. The van der Waals surface area contributed by atoms with E-state index in [9.17, 15) is 0 Å². The summed E-state index contributed by atoms with van der Waals surface area (Å²) in [4.78, 5) is 0. The molecule has 0 saturated carbocycles. The lowest BCUT2D eigenvalue weighted by Gasteiger charge is -2.10. The molecule has 1 aromatic carbocycles. The standard InChI is InChI=1S/C15H21N3S/c1-10(2)13-7-5-12(6-8-13)9-18-14(11(3)4)16-17-15(18)19/h5-8,10-11H,9H2,1-4H3,(H,17,19). The number of aromatic nitrogens is 3. The predicted octanol–water partition coefficient (Wildman–Crippen LogP) is 4.24. The molecule has 0 aliphatic carbocycles. The van der Waals surface area contributed by atoms with Gasteiger partial charge in [0, 0.05) is 5.92 Å². The Labute approximate surface area is 119 Å². The van der Waals surface area contributed by atoms with Gasteiger partial charge >= 0.3 is 0 Å². The van der Waals surface area contributed by atoms with Crippen LogP contribution in [0.2, 0.25) is 0 Å². The van der Waals surface area contributed by atoms with E-state index in [-0.39, 0.29) is 0 Å². The lowest BCUT2D eigenvalue weighted by atomic mass is 10.0. The first kappa shape index (κ1) is 14.0. The summed E-state index contributed by atoms with van der Waals surface area (Å²) in [5.41, 5.74) is 2.62. The van der Waals surface area contributed by atoms with Crippen molar-refractivity contribution in [3.8, 4) is 0 Å². The molecule has 0 amide bonds. The summed E-state index contributed by atoms with van der Waals surface area (Å²) >= 11 is 5.30. The molecule has 0 atom stereocenters. The van der Waals surface area contributed by atoms with Gasteiger partial charge in [-0.3, -0.25) is 9.67 Å². The van der Waals surface area contributed by atoms with Crippen molar-refractivity contribution in [1.82, 2.24) is 14.8 Å². The van der Waals surface area contributed by atoms with Gasteiger partial charge in [-0.25, -0.2) is 0 Å². The predicted molar refractivity (Wildman–Crippen MR) is 81.1 cm³/mol. The van der Waals surface area contributed by atoms with Crippen molar-refractivity contribution in [1.29, 1.82) is 0 Å². The second kappa shape index (κ2) is 5.70. The Balaban J connectivity index is 2.26. The minimum absolute atomic E-state index is 0.364. The number of rotatable bonds is 4. The molecule has 0 aliphatic rings. The van der Waals surface area contributed by atoms with E-state index >= 15 is 0 Å². The highest BCUT2D eigenvalue weighted by Crippen LogP contribution is 2.17. The molecule has 0 bridgehead atoms. The summed E-state index contributed by atoms with van der Waals surface area (Å²) < 4.78 is 2.77. The molecule has 0 radical (unpaired) electrons. The van der Waals surface area contributed by atoms with E-state index in [1.807, 2.05) is 0 Å². The molecule has 3 nitrogen and oxygen atoms in total. The zero-order valence-corrected chi connectivity index (χ0v) is 12.8. The van der Waals surface area contributed by atoms with Crippen molar-refractivity contribution in [3.05, 3.63) is 46.0 Å². The van der Waals surface area contributed by atoms with Crippen LogP contribution in [-0.2, 0) is 6.54 Å². The molecule has 0 aliphatic heterocycles. The topological polar surface area (TPSA) is 33.6 Å². The van der Waals surface area contributed by atoms with Crippen LogP contribution in [0.3, 0.4) is 0 Å². The average Bonchev–Trinajstić information content (AvgIpc) is 2.72. The Morgan fingerprint density at radius 3 is 2.26 bits per heavy atom. The third-order valence-corrected chi connectivity index (χ3v) is 3.60. The highest BCUT2D eigenvalue weighted by Gasteiger charge is 2.10. The fourth-order valence-corrected chi connectivity index (χ4v) is 2.32. The molecule has 0 fully saturated rings. The van der Waals surface area contributed by atoms with Crippen LogP contribution in [0, 0.1) is 4.77 Å². The lowest BCUT2D eigenvalue weighted by Crippen LogP contribution is -2.07. The van der Waals surface area contributed by atoms with Gasteiger partial charge in [-0.2, -0.15) is 5.10 Å². The second-order valence-corrected chi connectivity index (χ2v) is 5.91. The van der Waals surface area contributed by atoms with Gasteiger partial charge in [0.25, 0.3) is 0 Å². The molecule has 102 valence electrons. The van der Waals surface area contributed by atoms with Crippen LogP contribution in [0.5, 0.6) is 0 Å². The first-order chi connectivity index (χ1) is 8.99. The maximum Gasteiger partial charge on any atom is 0.195 e. The van der Waals surface area contributed by atoms with Gasteiger partial charge in [-0.1, -0.05) is 52.0 Å². The molecule has 0 spiro atoms. The summed E-state index contributed by atoms with van der Waals surface area (Å²) in [6, 6.07) is 8.74. The first-order valence-corrected chi connectivity index (χ1v) is 7.13. The van der Waals surface area contributed by atoms with Crippen molar-refractivity contribution in [2.75, 3.05) is 0 Å². The number of nitrogens with zero attached hydrogens (tertiary/aromatic N) is 2. The number of hydrogen-bond donors (Lipinski definition) is 1. The second-order valence-electron chi connectivity index (χ2n) is 5.52. The quantitative estimate of drug-likeness (QED) is 0.847. The third kappa shape index (κ3) is 3.13. The SMILES string of the molecule is CC(C)c1ccc(Cn2c(C(C)C)n[nH]c2=S)cc1. The molecule has 0 unspecified atom stereocenters. The van der Waals surface area contributed by atoms with Crippen molar-refractivity contribution in [2.24, 2.45) is 0 Å². The molecule has 1 N–H and O–H groups in total. The van der Waals surface area contributed by atoms with E-state index < -0.39 is 0 Å². The Morgan fingerprint density at radius 2 is 1.74 bits per heavy atom. The Hall–Kier alpha value is -1.42. The van der Waals surface area contributed by atoms with Crippen LogP contribution < -0.4 is 0 Å². The first-order valence-electron chi connectivity index (χ1n) is 6.73. The highest BCUT2D eigenvalue weighted by atomic mass is 32.1. The van der Waals surface area contributed by atoms with Crippen LogP contribution in [0.1, 0.15) is 56.5 Å². The Morgan fingerprint density at radius 1 is 1.11 bits per heavy atom. The van der Waals surface area contributed by atoms with E-state index in [2.05, 4.69) is 66.7 Å². The number of hydrogen-bond acceptors (Lipinski definition) is 2. The summed E-state index contributed by atoms with van der Waals surface area (Å²) in [7, 11) is 0. The molecule has 0 saturated heterocycles. The van der Waals surface area contributed by atoms with Crippen molar-refractivity contribution < 1.29 is 0 Å². The van der Waals surface area contributed by atoms with E-state index in [4.69, 9.17) is 12.2 Å². The Bertz CT molecular complexity index is 591. The fourth-order valence-electron chi connectivity index (χ4n) is 2.11. The largest absolute Gasteiger partial charge is 0.299 e. The van der Waals surface area contributed by atoms with Gasteiger partial charge in [-0.15, -0.1) is 0 Å². The highest BCUT2D eigenvalue weighted by molar-refractivity contribution is 7.71. The minimum Gasteiger partial charge on any atom is -0.299 e. The number of H-pyrrole nitrogens is 1. The third-order valence-electron chi connectivity index (χ3n) is 3.29. The average molecular weight is 275 g/mol. The molecule has 19 heavy (non-hydrogen) atoms. The monoisotopic (exact) mass is 275 g/mol. The minimum atomic E-state index is 0.364. The van der Waals surface area contributed by atoms with Gasteiger partial charge < -0.3 is 0 Å². The van der Waals surface area contributed by atoms with E-state index in [0.29, 0.717) is 16.6 Å². The van der Waals surface area contributed by atoms with Crippen LogP contribution in [0.4, 0.5) is 0 Å². The van der Waals surface area contributed by atoms with Gasteiger partial charge in [0.2, 0.25) is 0 Å². The van der Waals surface area contributed by atoms with Crippen LogP contribution in [0.25, 0.3) is 0 Å². The van der Waals surface area contributed by atoms with Crippen molar-refractivity contribution >= 4 is 12.2 Å². The van der Waals surface area contributed by atoms with Gasteiger partial charge in [0.15, 0.2) is 4.77 Å². The maximum atomic E-state index is 5.30. The number of aromatic amines is 1. The maximum absolute atomic E-state index is 5.30. The summed E-state index contributed by atoms with van der Waals surface area (Å²) in [5, 5.41) is 7.19. The molecule has 4 heteroatoms. The van der Waals surface area contributed by atoms with Crippen LogP contribution >= 0.6 is 12.2 Å². The molecule has 1 aromatic heterocycles. The smallest absolute Gasteiger partial charge is 0.195 e. The van der Waals surface area contributed by atoms with Crippen LogP contribution in [-0.4, -0.2) is 14.8 Å². The summed E-state index contributed by atoms with van der Waals surface area (Å²) in [6.07, 6.45) is 0. The fraction of sp³-hybridized carbons (Fsp3) is 0.467. The summed E-state index contributed by atoms with van der Waals surface area (Å²) in [6.45, 7) is 9.45. The summed E-state index contributed by atoms with van der Waals surface area (Å²) in [5.74, 6) is 1.94. The number of benzene rings is 1. The zero-order chi connectivity index (χ0) is 14.0. The van der Waals surface area contributed by atoms with E-state index in [1.165, 1.54) is 11.1 Å². The van der Waals surface area contributed by atoms with Gasteiger partial charge in [0.05, 0.1) is 6.54 Å². The molecular formula is C15H21N3S.